The molecule has 1 aliphatic carbocycles. The number of benzene rings is 3. The fourth-order valence-electron chi connectivity index (χ4n) is 5.54. The van der Waals surface area contributed by atoms with E-state index in [0.717, 1.165) is 37.3 Å². The molecule has 3 heteroatoms. The molecule has 3 nitrogen and oxygen atoms in total. The zero-order chi connectivity index (χ0) is 20.6. The van der Waals surface area contributed by atoms with Crippen molar-refractivity contribution in [2.24, 2.45) is 0 Å². The van der Waals surface area contributed by atoms with Gasteiger partial charge >= 0.3 is 0 Å². The van der Waals surface area contributed by atoms with Crippen LogP contribution in [0.25, 0.3) is 10.8 Å². The van der Waals surface area contributed by atoms with E-state index in [1.165, 1.54) is 41.3 Å². The molecule has 0 aromatic heterocycles. The van der Waals surface area contributed by atoms with Crippen LogP contribution < -0.4 is 14.4 Å². The fraction of sp³-hybridized carbons (Fsp3) is 0.407. The molecule has 0 bridgehead atoms. The summed E-state index contributed by atoms with van der Waals surface area (Å²) in [6.45, 7) is 3.23. The van der Waals surface area contributed by atoms with Gasteiger partial charge in [0.05, 0.1) is 13.2 Å². The van der Waals surface area contributed by atoms with Crippen LogP contribution in [-0.4, -0.2) is 19.3 Å². The number of methoxy groups -OCH3 is 1. The zero-order valence-corrected chi connectivity index (χ0v) is 18.1. The summed E-state index contributed by atoms with van der Waals surface area (Å²) in [6, 6.07) is 22.1. The van der Waals surface area contributed by atoms with Crippen LogP contribution in [0.15, 0.2) is 60.7 Å². The molecule has 1 heterocycles. The maximum Gasteiger partial charge on any atom is 0.129 e. The quantitative estimate of drug-likeness (QED) is 0.474. The van der Waals surface area contributed by atoms with Crippen molar-refractivity contribution in [3.05, 3.63) is 66.2 Å². The third-order valence-corrected chi connectivity index (χ3v) is 7.03. The smallest absolute Gasteiger partial charge is 0.129 e. The minimum absolute atomic E-state index is 0.0553. The number of nitrogens with zero attached hydrogens (tertiary/aromatic N) is 1. The number of ether oxygens (including phenoxy) is 2. The molecular formula is C27H31NO2. The molecule has 0 radical (unpaired) electrons. The highest BCUT2D eigenvalue weighted by Crippen LogP contribution is 2.50. The molecule has 1 atom stereocenters. The lowest BCUT2D eigenvalue weighted by Crippen LogP contribution is -2.46. The summed E-state index contributed by atoms with van der Waals surface area (Å²) in [5.41, 5.74) is 2.54. The first-order valence-electron chi connectivity index (χ1n) is 11.3. The van der Waals surface area contributed by atoms with Gasteiger partial charge in [-0.05, 0) is 56.2 Å². The molecule has 1 saturated carbocycles. The minimum atomic E-state index is -0.0553. The van der Waals surface area contributed by atoms with Gasteiger partial charge in [0, 0.05) is 35.7 Å². The monoisotopic (exact) mass is 401 g/mol. The lowest BCUT2D eigenvalue weighted by molar-refractivity contribution is 0.000820. The Labute approximate surface area is 179 Å². The molecule has 3 aromatic carbocycles. The van der Waals surface area contributed by atoms with Crippen LogP contribution in [0.1, 0.15) is 57.1 Å². The van der Waals surface area contributed by atoms with Gasteiger partial charge in [0.2, 0.25) is 0 Å². The van der Waals surface area contributed by atoms with Crippen LogP contribution in [-0.2, 0) is 0 Å². The van der Waals surface area contributed by atoms with E-state index in [1.54, 1.807) is 7.11 Å². The second-order valence-corrected chi connectivity index (χ2v) is 8.75. The van der Waals surface area contributed by atoms with E-state index in [-0.39, 0.29) is 5.60 Å². The van der Waals surface area contributed by atoms with E-state index in [0.29, 0.717) is 6.04 Å². The van der Waals surface area contributed by atoms with Gasteiger partial charge in [-0.1, -0.05) is 42.8 Å². The molecule has 1 spiro atoms. The summed E-state index contributed by atoms with van der Waals surface area (Å²) >= 11 is 0. The third kappa shape index (κ3) is 3.30. The second-order valence-electron chi connectivity index (χ2n) is 8.75. The Morgan fingerprint density at radius 3 is 2.60 bits per heavy atom. The molecule has 5 rings (SSSR count). The molecule has 30 heavy (non-hydrogen) atoms. The van der Waals surface area contributed by atoms with Gasteiger partial charge in [-0.25, -0.2) is 0 Å². The summed E-state index contributed by atoms with van der Waals surface area (Å²) in [5.74, 6) is 1.87. The lowest BCUT2D eigenvalue weighted by atomic mass is 9.76. The Balaban J connectivity index is 1.63. The van der Waals surface area contributed by atoms with Crippen molar-refractivity contribution >= 4 is 16.5 Å². The number of anilines is 1. The first-order chi connectivity index (χ1) is 14.7. The molecule has 1 aliphatic heterocycles. The maximum atomic E-state index is 6.74. The van der Waals surface area contributed by atoms with Crippen molar-refractivity contribution in [1.29, 1.82) is 0 Å². The third-order valence-electron chi connectivity index (χ3n) is 7.03. The van der Waals surface area contributed by atoms with Crippen LogP contribution in [0.2, 0.25) is 0 Å². The Bertz CT molecular complexity index is 1030. The first-order valence-corrected chi connectivity index (χ1v) is 11.3. The fourth-order valence-corrected chi connectivity index (χ4v) is 5.54. The van der Waals surface area contributed by atoms with Gasteiger partial charge in [0.15, 0.2) is 0 Å². The van der Waals surface area contributed by atoms with Crippen LogP contribution in [0.3, 0.4) is 0 Å². The van der Waals surface area contributed by atoms with E-state index in [2.05, 4.69) is 72.5 Å². The van der Waals surface area contributed by atoms with Crippen LogP contribution in [0.4, 0.5) is 5.69 Å². The van der Waals surface area contributed by atoms with E-state index in [1.807, 2.05) is 0 Å². The van der Waals surface area contributed by atoms with Gasteiger partial charge in [0.1, 0.15) is 17.1 Å². The summed E-state index contributed by atoms with van der Waals surface area (Å²) in [4.78, 5) is 2.59. The van der Waals surface area contributed by atoms with Gasteiger partial charge in [-0.15, -0.1) is 0 Å². The molecule has 0 N–H and O–H groups in total. The van der Waals surface area contributed by atoms with Gasteiger partial charge in [0.25, 0.3) is 0 Å². The Hall–Kier alpha value is -2.68. The van der Waals surface area contributed by atoms with Gasteiger partial charge in [-0.3, -0.25) is 0 Å². The highest BCUT2D eigenvalue weighted by molar-refractivity contribution is 5.94. The average molecular weight is 402 g/mol. The van der Waals surface area contributed by atoms with E-state index >= 15 is 0 Å². The summed E-state index contributed by atoms with van der Waals surface area (Å²) in [5, 5.41) is 2.61. The SMILES string of the molecule is CCN(c1cccc2ccccc12)C1CC2(CCCCC2)Oc2cc(OC)ccc21. The molecule has 2 aliphatic rings. The predicted molar refractivity (Wildman–Crippen MR) is 124 cm³/mol. The van der Waals surface area contributed by atoms with Gasteiger partial charge < -0.3 is 14.4 Å². The average Bonchev–Trinajstić information content (AvgIpc) is 2.79. The molecule has 3 aromatic rings. The highest BCUT2D eigenvalue weighted by Gasteiger charge is 2.43. The Morgan fingerprint density at radius 1 is 1.00 bits per heavy atom. The zero-order valence-electron chi connectivity index (χ0n) is 18.1. The van der Waals surface area contributed by atoms with Crippen molar-refractivity contribution in [1.82, 2.24) is 0 Å². The topological polar surface area (TPSA) is 21.7 Å². The maximum absolute atomic E-state index is 6.74. The molecule has 0 amide bonds. The van der Waals surface area contributed by atoms with Crippen molar-refractivity contribution in [2.45, 2.75) is 57.1 Å². The Kier molecular flexibility index (Phi) is 5.06. The molecular weight excluding hydrogens is 370 g/mol. The lowest BCUT2D eigenvalue weighted by Gasteiger charge is -2.48. The van der Waals surface area contributed by atoms with Crippen molar-refractivity contribution in [2.75, 3.05) is 18.6 Å². The van der Waals surface area contributed by atoms with Gasteiger partial charge in [-0.2, -0.15) is 0 Å². The second kappa shape index (κ2) is 7.86. The normalized spacial score (nSPS) is 19.9. The standard InChI is InChI=1S/C27H31NO2/c1-3-28(24-13-9-11-20-10-5-6-12-22(20)24)25-19-27(16-7-4-8-17-27)30-26-18-21(29-2)14-15-23(25)26/h5-6,9-15,18,25H,3-4,7-8,16-17,19H2,1-2H3. The number of fused-ring (bicyclic) bond motifs is 2. The summed E-state index contributed by atoms with van der Waals surface area (Å²) in [7, 11) is 1.73. The number of rotatable bonds is 4. The number of hydrogen-bond donors (Lipinski definition) is 0. The van der Waals surface area contributed by atoms with Crippen LogP contribution >= 0.6 is 0 Å². The summed E-state index contributed by atoms with van der Waals surface area (Å²) in [6.07, 6.45) is 7.17. The van der Waals surface area contributed by atoms with Crippen LogP contribution in [0, 0.1) is 0 Å². The van der Waals surface area contributed by atoms with Crippen molar-refractivity contribution in [3.8, 4) is 11.5 Å². The number of hydrogen-bond acceptors (Lipinski definition) is 3. The largest absolute Gasteiger partial charge is 0.497 e. The molecule has 1 unspecified atom stereocenters. The minimum Gasteiger partial charge on any atom is -0.497 e. The highest BCUT2D eigenvalue weighted by atomic mass is 16.5. The van der Waals surface area contributed by atoms with Crippen molar-refractivity contribution in [3.63, 3.8) is 0 Å². The van der Waals surface area contributed by atoms with E-state index in [4.69, 9.17) is 9.47 Å². The Morgan fingerprint density at radius 2 is 1.80 bits per heavy atom. The molecule has 0 saturated heterocycles. The predicted octanol–water partition coefficient (Wildman–Crippen LogP) is 6.90. The molecule has 156 valence electrons. The first kappa shape index (κ1) is 19.3. The van der Waals surface area contributed by atoms with Crippen molar-refractivity contribution < 1.29 is 9.47 Å². The van der Waals surface area contributed by atoms with E-state index in [9.17, 15) is 0 Å². The molecule has 1 fully saturated rings. The van der Waals surface area contributed by atoms with E-state index < -0.39 is 0 Å². The summed E-state index contributed by atoms with van der Waals surface area (Å²) < 4.78 is 12.3. The van der Waals surface area contributed by atoms with Crippen LogP contribution in [0.5, 0.6) is 11.5 Å².